The van der Waals surface area contributed by atoms with E-state index in [0.717, 1.165) is 43.8 Å². The highest BCUT2D eigenvalue weighted by Crippen LogP contribution is 2.03. The maximum Gasteiger partial charge on any atom is 0.141 e. The Hall–Kier alpha value is -0.420. The molecule has 92 valence electrons. The lowest BCUT2D eigenvalue weighted by molar-refractivity contribution is 0.268. The van der Waals surface area contributed by atoms with Crippen molar-refractivity contribution in [1.29, 1.82) is 0 Å². The number of rotatable bonds is 8. The summed E-state index contributed by atoms with van der Waals surface area (Å²) in [6.07, 6.45) is 3.93. The van der Waals surface area contributed by atoms with Crippen molar-refractivity contribution in [3.63, 3.8) is 0 Å². The van der Waals surface area contributed by atoms with E-state index in [4.69, 9.17) is 0 Å². The van der Waals surface area contributed by atoms with Gasteiger partial charge in [-0.2, -0.15) is 5.10 Å². The van der Waals surface area contributed by atoms with Crippen LogP contribution in [0.3, 0.4) is 0 Å². The quantitative estimate of drug-likeness (QED) is 0.689. The number of hydrogen-bond acceptors (Lipinski definition) is 3. The first-order valence-electron chi connectivity index (χ1n) is 5.96. The van der Waals surface area contributed by atoms with Crippen LogP contribution in [0.1, 0.15) is 32.5 Å². The summed E-state index contributed by atoms with van der Waals surface area (Å²) < 4.78 is 2.01. The van der Waals surface area contributed by atoms with Gasteiger partial charge < -0.3 is 0 Å². The zero-order valence-electron chi connectivity index (χ0n) is 10.2. The van der Waals surface area contributed by atoms with Gasteiger partial charge in [0.2, 0.25) is 0 Å². The molecule has 1 rings (SSSR count). The average Bonchev–Trinajstić information content (AvgIpc) is 2.72. The van der Waals surface area contributed by atoms with E-state index in [1.165, 1.54) is 6.42 Å². The summed E-state index contributed by atoms with van der Waals surface area (Å²) in [7, 11) is 0. The van der Waals surface area contributed by atoms with Gasteiger partial charge in [-0.3, -0.25) is 4.90 Å². The second-order valence-electron chi connectivity index (χ2n) is 3.81. The van der Waals surface area contributed by atoms with E-state index in [1.54, 1.807) is 6.33 Å². The van der Waals surface area contributed by atoms with Crippen molar-refractivity contribution >= 4 is 15.9 Å². The largest absolute Gasteiger partial charge is 0.296 e. The van der Waals surface area contributed by atoms with Crippen LogP contribution in [0.15, 0.2) is 6.33 Å². The van der Waals surface area contributed by atoms with Crippen LogP contribution in [0, 0.1) is 0 Å². The lowest BCUT2D eigenvalue weighted by Gasteiger charge is -2.19. The molecule has 0 unspecified atom stereocenters. The molecule has 0 aliphatic carbocycles. The normalized spacial score (nSPS) is 11.2. The Morgan fingerprint density at radius 2 is 2.25 bits per heavy atom. The molecule has 0 amide bonds. The van der Waals surface area contributed by atoms with Gasteiger partial charge >= 0.3 is 0 Å². The first-order valence-corrected chi connectivity index (χ1v) is 7.09. The minimum Gasteiger partial charge on any atom is -0.296 e. The summed E-state index contributed by atoms with van der Waals surface area (Å²) in [5.74, 6) is 1.08. The van der Waals surface area contributed by atoms with Crippen molar-refractivity contribution in [1.82, 2.24) is 19.7 Å². The van der Waals surface area contributed by atoms with Gasteiger partial charge in [0.1, 0.15) is 12.2 Å². The maximum absolute atomic E-state index is 4.33. The second kappa shape index (κ2) is 7.79. The van der Waals surface area contributed by atoms with E-state index in [1.807, 2.05) is 4.68 Å². The van der Waals surface area contributed by atoms with Gasteiger partial charge in [0, 0.05) is 11.9 Å². The molecular formula is C11H21BrN4. The van der Waals surface area contributed by atoms with Crippen molar-refractivity contribution in [3.8, 4) is 0 Å². The van der Waals surface area contributed by atoms with Crippen molar-refractivity contribution in [2.75, 3.05) is 18.4 Å². The molecule has 1 heterocycles. The fourth-order valence-corrected chi connectivity index (χ4v) is 1.89. The monoisotopic (exact) mass is 288 g/mol. The number of aryl methyl sites for hydroxylation is 1. The average molecular weight is 289 g/mol. The third-order valence-corrected chi connectivity index (χ3v) is 3.11. The van der Waals surface area contributed by atoms with Crippen LogP contribution in [0.25, 0.3) is 0 Å². The highest BCUT2D eigenvalue weighted by Gasteiger charge is 2.08. The van der Waals surface area contributed by atoms with Gasteiger partial charge in [-0.25, -0.2) is 9.67 Å². The van der Waals surface area contributed by atoms with Crippen molar-refractivity contribution in [2.45, 2.75) is 39.8 Å². The van der Waals surface area contributed by atoms with Crippen LogP contribution in [-0.2, 0) is 13.1 Å². The lowest BCUT2D eigenvalue weighted by Crippen LogP contribution is -2.26. The number of hydrogen-bond donors (Lipinski definition) is 0. The molecular weight excluding hydrogens is 268 g/mol. The highest BCUT2D eigenvalue weighted by molar-refractivity contribution is 9.09. The van der Waals surface area contributed by atoms with E-state index in [9.17, 15) is 0 Å². The molecule has 0 saturated heterocycles. The fourth-order valence-electron chi connectivity index (χ4n) is 1.64. The SMILES string of the molecule is CCCn1ncnc1CN(CC)CCCBr. The molecule has 16 heavy (non-hydrogen) atoms. The first-order chi connectivity index (χ1) is 7.81. The number of halogens is 1. The molecule has 0 aliphatic rings. The van der Waals surface area contributed by atoms with Crippen molar-refractivity contribution in [3.05, 3.63) is 12.2 Å². The van der Waals surface area contributed by atoms with Crippen LogP contribution < -0.4 is 0 Å². The minimum atomic E-state index is 0.906. The lowest BCUT2D eigenvalue weighted by atomic mass is 10.4. The second-order valence-corrected chi connectivity index (χ2v) is 4.60. The van der Waals surface area contributed by atoms with Crippen LogP contribution in [-0.4, -0.2) is 38.1 Å². The van der Waals surface area contributed by atoms with E-state index in [2.05, 4.69) is 44.8 Å². The van der Waals surface area contributed by atoms with E-state index in [-0.39, 0.29) is 0 Å². The maximum atomic E-state index is 4.33. The first kappa shape index (κ1) is 13.6. The summed E-state index contributed by atoms with van der Waals surface area (Å²) in [6.45, 7) is 8.39. The summed E-state index contributed by atoms with van der Waals surface area (Å²) in [4.78, 5) is 6.73. The van der Waals surface area contributed by atoms with Crippen molar-refractivity contribution in [2.24, 2.45) is 0 Å². The Balaban J connectivity index is 2.51. The highest BCUT2D eigenvalue weighted by atomic mass is 79.9. The molecule has 0 aromatic carbocycles. The zero-order valence-corrected chi connectivity index (χ0v) is 11.8. The molecule has 4 nitrogen and oxygen atoms in total. The number of aromatic nitrogens is 3. The third kappa shape index (κ3) is 4.22. The standard InChI is InChI=1S/C11H21BrN4/c1-3-7-16-11(13-10-14-16)9-15(4-2)8-5-6-12/h10H,3-9H2,1-2H3. The van der Waals surface area contributed by atoms with Gasteiger partial charge in [0.05, 0.1) is 6.54 Å². The van der Waals surface area contributed by atoms with Gasteiger partial charge in [0.25, 0.3) is 0 Å². The fraction of sp³-hybridized carbons (Fsp3) is 0.818. The summed E-state index contributed by atoms with van der Waals surface area (Å²) in [6, 6.07) is 0. The smallest absolute Gasteiger partial charge is 0.141 e. The van der Waals surface area contributed by atoms with Gasteiger partial charge in [-0.15, -0.1) is 0 Å². The van der Waals surface area contributed by atoms with Crippen molar-refractivity contribution < 1.29 is 0 Å². The Labute approximate surface area is 106 Å². The third-order valence-electron chi connectivity index (χ3n) is 2.55. The van der Waals surface area contributed by atoms with Crippen LogP contribution in [0.2, 0.25) is 0 Å². The number of alkyl halides is 1. The Kier molecular flexibility index (Phi) is 6.64. The number of nitrogens with zero attached hydrogens (tertiary/aromatic N) is 4. The Morgan fingerprint density at radius 3 is 2.88 bits per heavy atom. The van der Waals surface area contributed by atoms with Gasteiger partial charge in [0.15, 0.2) is 0 Å². The topological polar surface area (TPSA) is 34.0 Å². The molecule has 0 radical (unpaired) electrons. The van der Waals surface area contributed by atoms with Gasteiger partial charge in [-0.05, 0) is 25.9 Å². The molecule has 0 atom stereocenters. The van der Waals surface area contributed by atoms with Crippen LogP contribution in [0.5, 0.6) is 0 Å². The van der Waals surface area contributed by atoms with Crippen LogP contribution >= 0.6 is 15.9 Å². The Morgan fingerprint density at radius 1 is 1.44 bits per heavy atom. The zero-order chi connectivity index (χ0) is 11.8. The van der Waals surface area contributed by atoms with E-state index in [0.29, 0.717) is 0 Å². The predicted octanol–water partition coefficient (Wildman–Crippen LogP) is 2.30. The molecule has 1 aromatic rings. The molecule has 1 aromatic heterocycles. The molecule has 0 N–H and O–H groups in total. The molecule has 5 heteroatoms. The summed E-state index contributed by atoms with van der Waals surface area (Å²) in [5, 5.41) is 5.30. The van der Waals surface area contributed by atoms with E-state index < -0.39 is 0 Å². The molecule has 0 bridgehead atoms. The minimum absolute atomic E-state index is 0.906. The predicted molar refractivity (Wildman–Crippen MR) is 69.7 cm³/mol. The van der Waals surface area contributed by atoms with Gasteiger partial charge in [-0.1, -0.05) is 29.8 Å². The Bertz CT molecular complexity index is 287. The molecule has 0 spiro atoms. The molecule has 0 saturated carbocycles. The van der Waals surface area contributed by atoms with Crippen LogP contribution in [0.4, 0.5) is 0 Å². The summed E-state index contributed by atoms with van der Waals surface area (Å²) >= 11 is 3.46. The molecule has 0 fully saturated rings. The summed E-state index contributed by atoms with van der Waals surface area (Å²) in [5.41, 5.74) is 0. The molecule has 0 aliphatic heterocycles. The van der Waals surface area contributed by atoms with E-state index >= 15 is 0 Å².